The number of benzene rings is 1. The smallest absolute Gasteiger partial charge is 0.0580 e. The Morgan fingerprint density at radius 3 is 2.93 bits per heavy atom. The number of rotatable bonds is 4. The van der Waals surface area contributed by atoms with Gasteiger partial charge in [-0.2, -0.15) is 11.8 Å². The molecule has 1 heterocycles. The second kappa shape index (κ2) is 5.14. The summed E-state index contributed by atoms with van der Waals surface area (Å²) in [7, 11) is 0. The second-order valence-electron chi connectivity index (χ2n) is 3.32. The van der Waals surface area contributed by atoms with Gasteiger partial charge < -0.3 is 5.73 Å². The summed E-state index contributed by atoms with van der Waals surface area (Å²) in [5.41, 5.74) is 6.62. The molecule has 0 aliphatic rings. The molecule has 0 aliphatic heterocycles. The quantitative estimate of drug-likeness (QED) is 0.801. The first-order valence-electron chi connectivity index (χ1n) is 5.02. The van der Waals surface area contributed by atoms with Crippen LogP contribution in [-0.2, 0) is 5.75 Å². The lowest BCUT2D eigenvalue weighted by Gasteiger charge is -2.04. The molecule has 15 heavy (non-hydrogen) atoms. The highest BCUT2D eigenvalue weighted by atomic mass is 32.2. The lowest BCUT2D eigenvalue weighted by Crippen LogP contribution is -2.01. The molecule has 78 valence electrons. The summed E-state index contributed by atoms with van der Waals surface area (Å²) in [5.74, 6) is 1.93. The van der Waals surface area contributed by atoms with E-state index in [1.54, 1.807) is 0 Å². The molecule has 0 unspecified atom stereocenters. The summed E-state index contributed by atoms with van der Waals surface area (Å²) in [5, 5.41) is 2.51. The maximum absolute atomic E-state index is 5.46. The van der Waals surface area contributed by atoms with Crippen LogP contribution in [0.3, 0.4) is 0 Å². The Morgan fingerprint density at radius 2 is 2.07 bits per heavy atom. The molecular formula is C12H14N2S. The number of pyridine rings is 1. The predicted molar refractivity (Wildman–Crippen MR) is 67.0 cm³/mol. The van der Waals surface area contributed by atoms with Crippen molar-refractivity contribution >= 4 is 22.5 Å². The number of aromatic nitrogens is 1. The van der Waals surface area contributed by atoms with Gasteiger partial charge in [0.15, 0.2) is 0 Å². The Labute approximate surface area is 93.9 Å². The molecule has 2 N–H and O–H groups in total. The van der Waals surface area contributed by atoms with E-state index >= 15 is 0 Å². The van der Waals surface area contributed by atoms with Gasteiger partial charge in [-0.3, -0.25) is 4.98 Å². The van der Waals surface area contributed by atoms with Crippen LogP contribution in [0.1, 0.15) is 5.69 Å². The molecule has 0 amide bonds. The minimum Gasteiger partial charge on any atom is -0.330 e. The van der Waals surface area contributed by atoms with Crippen molar-refractivity contribution in [2.75, 3.05) is 12.3 Å². The number of hydrogen-bond donors (Lipinski definition) is 1. The largest absolute Gasteiger partial charge is 0.330 e. The molecule has 1 aromatic carbocycles. The van der Waals surface area contributed by atoms with Crippen LogP contribution in [0.25, 0.3) is 10.8 Å². The van der Waals surface area contributed by atoms with E-state index in [1.165, 1.54) is 10.8 Å². The van der Waals surface area contributed by atoms with Crippen molar-refractivity contribution < 1.29 is 0 Å². The second-order valence-corrected chi connectivity index (χ2v) is 4.43. The van der Waals surface area contributed by atoms with Gasteiger partial charge in [0.2, 0.25) is 0 Å². The number of nitrogens with zero attached hydrogens (tertiary/aromatic N) is 1. The van der Waals surface area contributed by atoms with Crippen LogP contribution >= 0.6 is 11.8 Å². The molecule has 2 rings (SSSR count). The van der Waals surface area contributed by atoms with Crippen LogP contribution < -0.4 is 5.73 Å². The van der Waals surface area contributed by atoms with E-state index in [4.69, 9.17) is 5.73 Å². The zero-order chi connectivity index (χ0) is 10.5. The fourth-order valence-corrected chi connectivity index (χ4v) is 2.28. The van der Waals surface area contributed by atoms with Gasteiger partial charge in [-0.25, -0.2) is 0 Å². The van der Waals surface area contributed by atoms with Gasteiger partial charge in [0.25, 0.3) is 0 Å². The van der Waals surface area contributed by atoms with Gasteiger partial charge in [-0.05, 0) is 11.5 Å². The summed E-state index contributed by atoms with van der Waals surface area (Å²) in [6, 6.07) is 10.4. The van der Waals surface area contributed by atoms with E-state index in [0.29, 0.717) is 0 Å². The average molecular weight is 218 g/mol. The van der Waals surface area contributed by atoms with Gasteiger partial charge in [0, 0.05) is 29.6 Å². The Bertz CT molecular complexity index is 437. The van der Waals surface area contributed by atoms with Crippen molar-refractivity contribution in [1.82, 2.24) is 4.98 Å². The van der Waals surface area contributed by atoms with E-state index in [1.807, 2.05) is 24.0 Å². The zero-order valence-corrected chi connectivity index (χ0v) is 9.33. The highest BCUT2D eigenvalue weighted by Gasteiger charge is 2.00. The molecule has 0 radical (unpaired) electrons. The Morgan fingerprint density at radius 1 is 1.20 bits per heavy atom. The first kappa shape index (κ1) is 10.5. The molecule has 2 nitrogen and oxygen atoms in total. The van der Waals surface area contributed by atoms with Gasteiger partial charge in [-0.15, -0.1) is 0 Å². The highest BCUT2D eigenvalue weighted by Crippen LogP contribution is 2.20. The van der Waals surface area contributed by atoms with Gasteiger partial charge >= 0.3 is 0 Å². The molecule has 0 atom stereocenters. The summed E-state index contributed by atoms with van der Waals surface area (Å²) in [6.07, 6.45) is 1.88. The zero-order valence-electron chi connectivity index (χ0n) is 8.52. The Hall–Kier alpha value is -1.06. The number of nitrogens with two attached hydrogens (primary N) is 1. The Balaban J connectivity index is 2.26. The minimum atomic E-state index is 0.732. The third-order valence-electron chi connectivity index (χ3n) is 2.26. The van der Waals surface area contributed by atoms with E-state index in [-0.39, 0.29) is 0 Å². The van der Waals surface area contributed by atoms with Crippen LogP contribution in [-0.4, -0.2) is 17.3 Å². The highest BCUT2D eigenvalue weighted by molar-refractivity contribution is 7.98. The summed E-state index contributed by atoms with van der Waals surface area (Å²) < 4.78 is 0. The van der Waals surface area contributed by atoms with Gasteiger partial charge in [0.05, 0.1) is 5.69 Å². The van der Waals surface area contributed by atoms with Crippen LogP contribution in [0, 0.1) is 0 Å². The number of fused-ring (bicyclic) bond motifs is 1. The molecule has 2 aromatic rings. The van der Waals surface area contributed by atoms with Crippen molar-refractivity contribution in [2.45, 2.75) is 5.75 Å². The molecular weight excluding hydrogens is 204 g/mol. The lowest BCUT2D eigenvalue weighted by molar-refractivity contribution is 1.14. The fraction of sp³-hybridized carbons (Fsp3) is 0.250. The maximum atomic E-state index is 5.46. The maximum Gasteiger partial charge on any atom is 0.0580 e. The normalized spacial score (nSPS) is 10.7. The molecule has 0 bridgehead atoms. The van der Waals surface area contributed by atoms with Crippen molar-refractivity contribution in [3.63, 3.8) is 0 Å². The predicted octanol–water partition coefficient (Wildman–Crippen LogP) is 2.43. The number of hydrogen-bond acceptors (Lipinski definition) is 3. The van der Waals surface area contributed by atoms with E-state index < -0.39 is 0 Å². The molecule has 0 aliphatic carbocycles. The van der Waals surface area contributed by atoms with Gasteiger partial charge in [0.1, 0.15) is 0 Å². The number of thioether (sulfide) groups is 1. The minimum absolute atomic E-state index is 0.732. The van der Waals surface area contributed by atoms with Gasteiger partial charge in [-0.1, -0.05) is 24.3 Å². The van der Waals surface area contributed by atoms with Crippen molar-refractivity contribution in [3.05, 3.63) is 42.2 Å². The SMILES string of the molecule is NCCSCc1nccc2ccccc12. The van der Waals surface area contributed by atoms with Crippen LogP contribution in [0.4, 0.5) is 0 Å². The molecule has 0 fully saturated rings. The first-order valence-corrected chi connectivity index (χ1v) is 6.18. The van der Waals surface area contributed by atoms with Crippen LogP contribution in [0.15, 0.2) is 36.5 Å². The van der Waals surface area contributed by atoms with Crippen LogP contribution in [0.5, 0.6) is 0 Å². The third kappa shape index (κ3) is 2.49. The molecule has 0 spiro atoms. The Kier molecular flexibility index (Phi) is 3.59. The molecule has 0 saturated heterocycles. The topological polar surface area (TPSA) is 38.9 Å². The lowest BCUT2D eigenvalue weighted by atomic mass is 10.1. The average Bonchev–Trinajstić information content (AvgIpc) is 2.30. The van der Waals surface area contributed by atoms with E-state index in [9.17, 15) is 0 Å². The third-order valence-corrected chi connectivity index (χ3v) is 3.26. The molecule has 0 saturated carbocycles. The fourth-order valence-electron chi connectivity index (χ4n) is 1.55. The van der Waals surface area contributed by atoms with Crippen LogP contribution in [0.2, 0.25) is 0 Å². The summed E-state index contributed by atoms with van der Waals surface area (Å²) in [6.45, 7) is 0.732. The van der Waals surface area contributed by atoms with Crippen molar-refractivity contribution in [2.24, 2.45) is 5.73 Å². The molecule has 3 heteroatoms. The molecule has 1 aromatic heterocycles. The van der Waals surface area contributed by atoms with Crippen molar-refractivity contribution in [3.8, 4) is 0 Å². The first-order chi connectivity index (χ1) is 7.42. The standard InChI is InChI=1S/C12H14N2S/c13-6-8-15-9-12-11-4-2-1-3-10(11)5-7-14-12/h1-5,7H,6,8-9,13H2. The summed E-state index contributed by atoms with van der Waals surface area (Å²) >= 11 is 1.83. The monoisotopic (exact) mass is 218 g/mol. The van der Waals surface area contributed by atoms with E-state index in [0.717, 1.165) is 23.7 Å². The van der Waals surface area contributed by atoms with E-state index in [2.05, 4.69) is 29.2 Å². The van der Waals surface area contributed by atoms with Crippen molar-refractivity contribution in [1.29, 1.82) is 0 Å². The summed E-state index contributed by atoms with van der Waals surface area (Å²) in [4.78, 5) is 4.42.